The maximum absolute atomic E-state index is 11.9. The molecule has 0 unspecified atom stereocenters. The van der Waals surface area contributed by atoms with Crippen molar-refractivity contribution in [1.29, 1.82) is 0 Å². The number of hydrogen-bond acceptors (Lipinski definition) is 3. The summed E-state index contributed by atoms with van der Waals surface area (Å²) in [7, 11) is 0. The van der Waals surface area contributed by atoms with Crippen LogP contribution in [0.25, 0.3) is 0 Å². The van der Waals surface area contributed by atoms with Crippen LogP contribution in [0.15, 0.2) is 18.2 Å². The molecule has 0 atom stereocenters. The van der Waals surface area contributed by atoms with Crippen molar-refractivity contribution in [3.05, 3.63) is 23.8 Å². The molecule has 1 heterocycles. The molecule has 1 aromatic rings. The minimum Gasteiger partial charge on any atom is -0.478 e. The Balaban J connectivity index is 1.99. The van der Waals surface area contributed by atoms with Gasteiger partial charge in [0.2, 0.25) is 0 Å². The van der Waals surface area contributed by atoms with E-state index in [0.29, 0.717) is 11.4 Å². The number of benzene rings is 1. The number of nitrogens with one attached hydrogen (secondary N) is 1. The first-order valence-corrected chi connectivity index (χ1v) is 5.49. The largest absolute Gasteiger partial charge is 0.478 e. The van der Waals surface area contributed by atoms with Gasteiger partial charge in [-0.25, -0.2) is 4.79 Å². The number of hydrogen-bond donors (Lipinski definition) is 2. The van der Waals surface area contributed by atoms with Gasteiger partial charge in [-0.1, -0.05) is 0 Å². The van der Waals surface area contributed by atoms with Gasteiger partial charge in [0.15, 0.2) is 5.60 Å². The maximum Gasteiger partial charge on any atom is 0.335 e. The lowest BCUT2D eigenvalue weighted by atomic mass is 9.78. The van der Waals surface area contributed by atoms with Crippen LogP contribution in [0.5, 0.6) is 5.75 Å². The predicted molar refractivity (Wildman–Crippen MR) is 59.2 cm³/mol. The van der Waals surface area contributed by atoms with E-state index < -0.39 is 11.6 Å². The second kappa shape index (κ2) is 3.23. The fourth-order valence-corrected chi connectivity index (χ4v) is 2.17. The molecule has 1 aromatic carbocycles. The van der Waals surface area contributed by atoms with Crippen molar-refractivity contribution >= 4 is 17.6 Å². The number of anilines is 1. The van der Waals surface area contributed by atoms with Crippen LogP contribution in [0, 0.1) is 0 Å². The van der Waals surface area contributed by atoms with E-state index in [-0.39, 0.29) is 11.5 Å². The number of carbonyl (C=O) groups excluding carboxylic acids is 1. The van der Waals surface area contributed by atoms with Gasteiger partial charge >= 0.3 is 5.97 Å². The van der Waals surface area contributed by atoms with Crippen molar-refractivity contribution in [3.8, 4) is 5.75 Å². The molecule has 1 spiro atoms. The van der Waals surface area contributed by atoms with Gasteiger partial charge in [-0.15, -0.1) is 0 Å². The molecule has 17 heavy (non-hydrogen) atoms. The summed E-state index contributed by atoms with van der Waals surface area (Å²) in [6.45, 7) is 0. The quantitative estimate of drug-likeness (QED) is 0.773. The molecule has 5 nitrogen and oxygen atoms in total. The van der Waals surface area contributed by atoms with Crippen molar-refractivity contribution in [3.63, 3.8) is 0 Å². The number of carbonyl (C=O) groups is 2. The SMILES string of the molecule is O=C(O)c1ccc2c(c1)NC(=O)C1(CCC1)O2. The maximum atomic E-state index is 11.9. The van der Waals surface area contributed by atoms with Crippen molar-refractivity contribution < 1.29 is 19.4 Å². The lowest BCUT2D eigenvalue weighted by molar-refractivity contribution is -0.139. The molecular formula is C12H11NO4. The molecule has 0 radical (unpaired) electrons. The molecule has 5 heteroatoms. The third-order valence-electron chi connectivity index (χ3n) is 3.36. The van der Waals surface area contributed by atoms with Gasteiger partial charge in [-0.05, 0) is 37.5 Å². The minimum absolute atomic E-state index is 0.136. The molecule has 1 saturated carbocycles. The number of carboxylic acids is 1. The van der Waals surface area contributed by atoms with Crippen LogP contribution in [0.2, 0.25) is 0 Å². The van der Waals surface area contributed by atoms with Gasteiger partial charge in [-0.3, -0.25) is 4.79 Å². The molecule has 88 valence electrons. The third kappa shape index (κ3) is 1.39. The van der Waals surface area contributed by atoms with Gasteiger partial charge < -0.3 is 15.2 Å². The molecule has 2 N–H and O–H groups in total. The van der Waals surface area contributed by atoms with Gasteiger partial charge in [-0.2, -0.15) is 0 Å². The second-order valence-corrected chi connectivity index (χ2v) is 4.42. The van der Waals surface area contributed by atoms with Crippen LogP contribution in [0.1, 0.15) is 29.6 Å². The van der Waals surface area contributed by atoms with E-state index in [0.717, 1.165) is 19.3 Å². The molecule has 1 aliphatic carbocycles. The van der Waals surface area contributed by atoms with E-state index in [9.17, 15) is 9.59 Å². The molecule has 0 aromatic heterocycles. The monoisotopic (exact) mass is 233 g/mol. The number of fused-ring (bicyclic) bond motifs is 1. The molecule has 3 rings (SSSR count). The molecule has 2 aliphatic rings. The Labute approximate surface area is 97.4 Å². The van der Waals surface area contributed by atoms with Crippen LogP contribution in [0.3, 0.4) is 0 Å². The highest BCUT2D eigenvalue weighted by Crippen LogP contribution is 2.43. The summed E-state index contributed by atoms with van der Waals surface area (Å²) >= 11 is 0. The summed E-state index contributed by atoms with van der Waals surface area (Å²) in [5.74, 6) is -0.640. The van der Waals surface area contributed by atoms with Crippen LogP contribution >= 0.6 is 0 Å². The summed E-state index contributed by atoms with van der Waals surface area (Å²) in [4.78, 5) is 22.7. The van der Waals surface area contributed by atoms with Crippen molar-refractivity contribution in [2.45, 2.75) is 24.9 Å². The predicted octanol–water partition coefficient (Wildman–Crippen LogP) is 1.64. The lowest BCUT2D eigenvalue weighted by Crippen LogP contribution is -2.55. The summed E-state index contributed by atoms with van der Waals surface area (Å²) in [6.07, 6.45) is 2.42. The number of aromatic carboxylic acids is 1. The van der Waals surface area contributed by atoms with Crippen molar-refractivity contribution in [1.82, 2.24) is 0 Å². The fourth-order valence-electron chi connectivity index (χ4n) is 2.17. The van der Waals surface area contributed by atoms with Gasteiger partial charge in [0.25, 0.3) is 5.91 Å². The fraction of sp³-hybridized carbons (Fsp3) is 0.333. The van der Waals surface area contributed by atoms with Crippen molar-refractivity contribution in [2.75, 3.05) is 5.32 Å². The minimum atomic E-state index is -1.02. The Morgan fingerprint density at radius 2 is 2.18 bits per heavy atom. The average molecular weight is 233 g/mol. The molecule has 1 aliphatic heterocycles. The van der Waals surface area contributed by atoms with E-state index in [1.807, 2.05) is 0 Å². The zero-order valence-electron chi connectivity index (χ0n) is 9.03. The van der Waals surface area contributed by atoms with Gasteiger partial charge in [0.05, 0.1) is 11.3 Å². The first-order valence-electron chi connectivity index (χ1n) is 5.49. The van der Waals surface area contributed by atoms with E-state index in [1.165, 1.54) is 12.1 Å². The van der Waals surface area contributed by atoms with Crippen LogP contribution < -0.4 is 10.1 Å². The Bertz CT molecular complexity index is 519. The van der Waals surface area contributed by atoms with Crippen LogP contribution in [0.4, 0.5) is 5.69 Å². The summed E-state index contributed by atoms with van der Waals surface area (Å²) in [5.41, 5.74) is -0.137. The molecule has 0 bridgehead atoms. The second-order valence-electron chi connectivity index (χ2n) is 4.42. The van der Waals surface area contributed by atoms with E-state index >= 15 is 0 Å². The van der Waals surface area contributed by atoms with Crippen molar-refractivity contribution in [2.24, 2.45) is 0 Å². The molecule has 0 saturated heterocycles. The Morgan fingerprint density at radius 1 is 1.41 bits per heavy atom. The first kappa shape index (κ1) is 10.1. The summed E-state index contributed by atoms with van der Waals surface area (Å²) in [5, 5.41) is 11.6. The van der Waals surface area contributed by atoms with E-state index in [2.05, 4.69) is 5.32 Å². The van der Waals surface area contributed by atoms with Gasteiger partial charge in [0.1, 0.15) is 5.75 Å². The molecule has 1 amide bonds. The smallest absolute Gasteiger partial charge is 0.335 e. The number of carboxylic acid groups (broad SMARTS) is 1. The lowest BCUT2D eigenvalue weighted by Gasteiger charge is -2.43. The first-order chi connectivity index (χ1) is 8.11. The topological polar surface area (TPSA) is 75.6 Å². The summed E-state index contributed by atoms with van der Waals surface area (Å²) in [6, 6.07) is 4.49. The van der Waals surface area contributed by atoms with E-state index in [4.69, 9.17) is 9.84 Å². The standard InChI is InChI=1S/C12H11NO4/c14-10(15)7-2-3-9-8(6-7)13-11(16)12(17-9)4-1-5-12/h2-3,6H,1,4-5H2,(H,13,16)(H,14,15). The normalized spacial score (nSPS) is 19.9. The van der Waals surface area contributed by atoms with Crippen LogP contribution in [-0.2, 0) is 4.79 Å². The number of amides is 1. The Hall–Kier alpha value is -2.04. The highest BCUT2D eigenvalue weighted by molar-refractivity contribution is 6.02. The zero-order chi connectivity index (χ0) is 12.0. The third-order valence-corrected chi connectivity index (χ3v) is 3.36. The number of ether oxygens (including phenoxy) is 1. The summed E-state index contributed by atoms with van der Waals surface area (Å²) < 4.78 is 5.70. The highest BCUT2D eigenvalue weighted by atomic mass is 16.5. The molecular weight excluding hydrogens is 222 g/mol. The molecule has 1 fully saturated rings. The van der Waals surface area contributed by atoms with Gasteiger partial charge in [0, 0.05) is 0 Å². The Morgan fingerprint density at radius 3 is 2.76 bits per heavy atom. The van der Waals surface area contributed by atoms with E-state index in [1.54, 1.807) is 6.07 Å². The zero-order valence-corrected chi connectivity index (χ0v) is 9.03. The van der Waals surface area contributed by atoms with Crippen LogP contribution in [-0.4, -0.2) is 22.6 Å². The Kier molecular flexibility index (Phi) is 1.92. The average Bonchev–Trinajstić information content (AvgIpc) is 2.25. The highest BCUT2D eigenvalue weighted by Gasteiger charge is 2.49. The number of rotatable bonds is 1.